The Kier molecular flexibility index (Phi) is 7.99. The van der Waals surface area contributed by atoms with E-state index in [2.05, 4.69) is 43.3 Å². The fourth-order valence-corrected chi connectivity index (χ4v) is 1.26. The second-order valence-electron chi connectivity index (χ2n) is 4.63. The Morgan fingerprint density at radius 1 is 1.19 bits per heavy atom. The quantitative estimate of drug-likeness (QED) is 0.515. The van der Waals surface area contributed by atoms with Gasteiger partial charge in [0.2, 0.25) is 0 Å². The smallest absolute Gasteiger partial charge is 0.191 e. The van der Waals surface area contributed by atoms with Gasteiger partial charge in [-0.25, -0.2) is 0 Å². The van der Waals surface area contributed by atoms with E-state index >= 15 is 0 Å². The van der Waals surface area contributed by atoms with Gasteiger partial charge in [-0.2, -0.15) is 0 Å². The van der Waals surface area contributed by atoms with E-state index in [1.807, 2.05) is 0 Å². The molecular weight excluding hydrogens is 202 g/mol. The number of methoxy groups -OCH3 is 1. The number of ether oxygens (including phenoxy) is 1. The van der Waals surface area contributed by atoms with Crippen molar-refractivity contribution < 1.29 is 4.74 Å². The summed E-state index contributed by atoms with van der Waals surface area (Å²) in [6, 6.07) is 0. The topological polar surface area (TPSA) is 45.7 Å². The van der Waals surface area contributed by atoms with Crippen LogP contribution in [0.3, 0.4) is 0 Å². The van der Waals surface area contributed by atoms with Crippen LogP contribution >= 0.6 is 0 Å². The van der Waals surface area contributed by atoms with Gasteiger partial charge in [-0.1, -0.05) is 13.8 Å². The maximum absolute atomic E-state index is 5.10. The Hall–Kier alpha value is -0.770. The van der Waals surface area contributed by atoms with E-state index in [1.165, 1.54) is 0 Å². The minimum Gasteiger partial charge on any atom is -0.385 e. The van der Waals surface area contributed by atoms with Crippen molar-refractivity contribution in [3.8, 4) is 0 Å². The van der Waals surface area contributed by atoms with E-state index in [0.29, 0.717) is 0 Å². The van der Waals surface area contributed by atoms with Gasteiger partial charge in [0.25, 0.3) is 0 Å². The fourth-order valence-electron chi connectivity index (χ4n) is 1.26. The van der Waals surface area contributed by atoms with Gasteiger partial charge in [-0.15, -0.1) is 0 Å². The van der Waals surface area contributed by atoms with Crippen molar-refractivity contribution in [2.45, 2.75) is 34.1 Å². The number of hydrogen-bond donors (Lipinski definition) is 2. The highest BCUT2D eigenvalue weighted by Crippen LogP contribution is 2.20. The van der Waals surface area contributed by atoms with Crippen molar-refractivity contribution in [3.05, 3.63) is 0 Å². The van der Waals surface area contributed by atoms with Crippen LogP contribution in [0.5, 0.6) is 0 Å². The average Bonchev–Trinajstić information content (AvgIpc) is 2.24. The van der Waals surface area contributed by atoms with Crippen LogP contribution in [-0.4, -0.2) is 39.3 Å². The van der Waals surface area contributed by atoms with Gasteiger partial charge < -0.3 is 15.4 Å². The third kappa shape index (κ3) is 7.51. The molecule has 0 heterocycles. The first-order chi connectivity index (χ1) is 7.55. The summed E-state index contributed by atoms with van der Waals surface area (Å²) in [6.07, 6.45) is 1.03. The number of nitrogens with one attached hydrogen (secondary N) is 2. The minimum atomic E-state index is 0.187. The molecule has 0 aromatic heterocycles. The van der Waals surface area contributed by atoms with E-state index in [9.17, 15) is 0 Å². The molecule has 16 heavy (non-hydrogen) atoms. The SMILES string of the molecule is CCNC(=NCC(C)(C)CCOC)NCC. The molecule has 0 amide bonds. The number of hydrogen-bond acceptors (Lipinski definition) is 2. The summed E-state index contributed by atoms with van der Waals surface area (Å²) in [6.45, 7) is 12.0. The van der Waals surface area contributed by atoms with E-state index in [-0.39, 0.29) is 5.41 Å². The minimum absolute atomic E-state index is 0.187. The van der Waals surface area contributed by atoms with Crippen LogP contribution in [0.25, 0.3) is 0 Å². The van der Waals surface area contributed by atoms with Crippen LogP contribution in [0.2, 0.25) is 0 Å². The molecule has 0 fully saturated rings. The molecule has 0 unspecified atom stereocenters. The van der Waals surface area contributed by atoms with Crippen molar-refractivity contribution >= 4 is 5.96 Å². The van der Waals surface area contributed by atoms with Gasteiger partial charge in [0, 0.05) is 33.4 Å². The molecule has 0 rings (SSSR count). The molecule has 0 saturated carbocycles. The zero-order valence-electron chi connectivity index (χ0n) is 11.4. The van der Waals surface area contributed by atoms with E-state index < -0.39 is 0 Å². The van der Waals surface area contributed by atoms with E-state index in [1.54, 1.807) is 7.11 Å². The fraction of sp³-hybridized carbons (Fsp3) is 0.917. The molecule has 0 bridgehead atoms. The largest absolute Gasteiger partial charge is 0.385 e. The number of rotatable bonds is 7. The van der Waals surface area contributed by atoms with Gasteiger partial charge >= 0.3 is 0 Å². The van der Waals surface area contributed by atoms with Crippen molar-refractivity contribution in [2.24, 2.45) is 10.4 Å². The molecule has 0 aromatic carbocycles. The van der Waals surface area contributed by atoms with Crippen LogP contribution in [0, 0.1) is 5.41 Å². The van der Waals surface area contributed by atoms with Crippen LogP contribution in [-0.2, 0) is 4.74 Å². The molecular formula is C12H27N3O. The Bertz CT molecular complexity index is 194. The van der Waals surface area contributed by atoms with Gasteiger partial charge in [-0.3, -0.25) is 4.99 Å². The number of aliphatic imine (C=N–C) groups is 1. The second-order valence-corrected chi connectivity index (χ2v) is 4.63. The zero-order chi connectivity index (χ0) is 12.4. The lowest BCUT2D eigenvalue weighted by molar-refractivity contribution is 0.155. The highest BCUT2D eigenvalue weighted by Gasteiger charge is 2.17. The van der Waals surface area contributed by atoms with Gasteiger partial charge in [0.15, 0.2) is 5.96 Å². The van der Waals surface area contributed by atoms with E-state index in [0.717, 1.165) is 38.6 Å². The summed E-state index contributed by atoms with van der Waals surface area (Å²) in [4.78, 5) is 4.57. The third-order valence-corrected chi connectivity index (χ3v) is 2.34. The highest BCUT2D eigenvalue weighted by molar-refractivity contribution is 5.79. The molecule has 0 aromatic rings. The summed E-state index contributed by atoms with van der Waals surface area (Å²) in [5.41, 5.74) is 0.187. The number of nitrogens with zero attached hydrogens (tertiary/aromatic N) is 1. The Balaban J connectivity index is 4.16. The highest BCUT2D eigenvalue weighted by atomic mass is 16.5. The molecule has 96 valence electrons. The van der Waals surface area contributed by atoms with Crippen LogP contribution in [0.15, 0.2) is 4.99 Å². The molecule has 0 aliphatic carbocycles. The second kappa shape index (κ2) is 8.39. The molecule has 0 aliphatic heterocycles. The molecule has 2 N–H and O–H groups in total. The summed E-state index contributed by atoms with van der Waals surface area (Å²) >= 11 is 0. The standard InChI is InChI=1S/C12H27N3O/c1-6-13-11(14-7-2)15-10-12(3,4)8-9-16-5/h6-10H2,1-5H3,(H2,13,14,15). The summed E-state index contributed by atoms with van der Waals surface area (Å²) < 4.78 is 5.10. The Morgan fingerprint density at radius 3 is 2.19 bits per heavy atom. The van der Waals surface area contributed by atoms with Crippen LogP contribution in [0.4, 0.5) is 0 Å². The van der Waals surface area contributed by atoms with E-state index in [4.69, 9.17) is 4.74 Å². The maximum atomic E-state index is 5.10. The normalized spacial score (nSPS) is 11.1. The lowest BCUT2D eigenvalue weighted by Gasteiger charge is -2.22. The summed E-state index contributed by atoms with van der Waals surface area (Å²) in [7, 11) is 1.74. The monoisotopic (exact) mass is 229 g/mol. The van der Waals surface area contributed by atoms with Gasteiger partial charge in [-0.05, 0) is 25.7 Å². The Morgan fingerprint density at radius 2 is 1.75 bits per heavy atom. The molecule has 4 heteroatoms. The van der Waals surface area contributed by atoms with Gasteiger partial charge in [0.1, 0.15) is 0 Å². The molecule has 0 radical (unpaired) electrons. The predicted octanol–water partition coefficient (Wildman–Crippen LogP) is 1.62. The first kappa shape index (κ1) is 15.2. The van der Waals surface area contributed by atoms with Crippen molar-refractivity contribution in [1.29, 1.82) is 0 Å². The summed E-state index contributed by atoms with van der Waals surface area (Å²) in [5, 5.41) is 6.44. The van der Waals surface area contributed by atoms with Crippen LogP contribution < -0.4 is 10.6 Å². The lowest BCUT2D eigenvalue weighted by Crippen LogP contribution is -2.38. The maximum Gasteiger partial charge on any atom is 0.191 e. The molecule has 0 aliphatic rings. The molecule has 0 saturated heterocycles. The third-order valence-electron chi connectivity index (χ3n) is 2.34. The molecule has 4 nitrogen and oxygen atoms in total. The Labute approximate surface area is 99.9 Å². The number of guanidine groups is 1. The van der Waals surface area contributed by atoms with Crippen molar-refractivity contribution in [3.63, 3.8) is 0 Å². The lowest BCUT2D eigenvalue weighted by atomic mass is 9.90. The van der Waals surface area contributed by atoms with Crippen molar-refractivity contribution in [2.75, 3.05) is 33.4 Å². The van der Waals surface area contributed by atoms with Gasteiger partial charge in [0.05, 0.1) is 0 Å². The molecule has 0 spiro atoms. The predicted molar refractivity (Wildman–Crippen MR) is 69.9 cm³/mol. The zero-order valence-corrected chi connectivity index (χ0v) is 11.4. The van der Waals surface area contributed by atoms with Crippen LogP contribution in [0.1, 0.15) is 34.1 Å². The molecule has 0 atom stereocenters. The average molecular weight is 229 g/mol. The first-order valence-electron chi connectivity index (χ1n) is 6.07. The van der Waals surface area contributed by atoms with Crippen molar-refractivity contribution in [1.82, 2.24) is 10.6 Å². The first-order valence-corrected chi connectivity index (χ1v) is 6.07. The summed E-state index contributed by atoms with van der Waals surface area (Å²) in [5.74, 6) is 0.899.